The topological polar surface area (TPSA) is 70.1 Å². The van der Waals surface area contributed by atoms with E-state index >= 15 is 0 Å². The smallest absolute Gasteiger partial charge is 0.295 e. The molecule has 6 heteroatoms. The number of ether oxygens (including phenoxy) is 1. The van der Waals surface area contributed by atoms with Gasteiger partial charge in [0.15, 0.2) is 0 Å². The molecule has 186 valence electrons. The maximum absolute atomic E-state index is 13.4. The number of carbonyl (C=O) groups excluding carboxylic acids is 2. The summed E-state index contributed by atoms with van der Waals surface area (Å²) < 4.78 is 5.54. The first kappa shape index (κ1) is 24.8. The van der Waals surface area contributed by atoms with Crippen molar-refractivity contribution in [3.05, 3.63) is 64.7 Å². The number of aliphatic hydroxyl groups excluding tert-OH is 1. The third kappa shape index (κ3) is 4.54. The molecule has 35 heavy (non-hydrogen) atoms. The molecule has 2 aromatic rings. The van der Waals surface area contributed by atoms with Crippen LogP contribution in [0.3, 0.4) is 0 Å². The van der Waals surface area contributed by atoms with E-state index in [4.69, 9.17) is 4.74 Å². The van der Waals surface area contributed by atoms with Gasteiger partial charge >= 0.3 is 0 Å². The molecule has 6 nitrogen and oxygen atoms in total. The highest BCUT2D eigenvalue weighted by atomic mass is 16.5. The van der Waals surface area contributed by atoms with E-state index in [2.05, 4.69) is 20.8 Å². The average Bonchev–Trinajstić information content (AvgIpc) is 3.44. The highest BCUT2D eigenvalue weighted by Crippen LogP contribution is 2.44. The molecule has 2 fully saturated rings. The molecule has 1 aliphatic heterocycles. The summed E-state index contributed by atoms with van der Waals surface area (Å²) in [6, 6.07) is 12.7. The van der Waals surface area contributed by atoms with Gasteiger partial charge in [0.2, 0.25) is 0 Å². The minimum Gasteiger partial charge on any atom is -0.507 e. The number of ketones is 1. The Morgan fingerprint density at radius 2 is 1.66 bits per heavy atom. The van der Waals surface area contributed by atoms with E-state index in [1.54, 1.807) is 18.1 Å². The van der Waals surface area contributed by atoms with E-state index in [0.717, 1.165) is 48.2 Å². The van der Waals surface area contributed by atoms with E-state index in [-0.39, 0.29) is 22.8 Å². The van der Waals surface area contributed by atoms with Crippen molar-refractivity contribution < 1.29 is 19.4 Å². The summed E-state index contributed by atoms with van der Waals surface area (Å²) in [7, 11) is 5.56. The lowest BCUT2D eigenvalue weighted by Gasteiger charge is -2.31. The molecule has 0 spiro atoms. The van der Waals surface area contributed by atoms with E-state index in [9.17, 15) is 14.7 Å². The van der Waals surface area contributed by atoms with Crippen LogP contribution in [0.5, 0.6) is 5.75 Å². The van der Waals surface area contributed by atoms with Gasteiger partial charge in [0.25, 0.3) is 11.7 Å². The number of methoxy groups -OCH3 is 1. The maximum Gasteiger partial charge on any atom is 0.295 e. The third-order valence-electron chi connectivity index (χ3n) is 7.20. The molecule has 1 heterocycles. The first-order chi connectivity index (χ1) is 16.5. The van der Waals surface area contributed by atoms with E-state index in [1.807, 2.05) is 55.4 Å². The Hall–Kier alpha value is -3.28. The summed E-state index contributed by atoms with van der Waals surface area (Å²) in [4.78, 5) is 30.5. The predicted molar refractivity (Wildman–Crippen MR) is 139 cm³/mol. The number of nitrogens with zero attached hydrogens (tertiary/aromatic N) is 2. The monoisotopic (exact) mass is 476 g/mol. The number of hydrogen-bond donors (Lipinski definition) is 1. The van der Waals surface area contributed by atoms with Gasteiger partial charge in [-0.1, -0.05) is 45.7 Å². The lowest BCUT2D eigenvalue weighted by molar-refractivity contribution is -0.141. The number of Topliss-reactive ketones (excluding diaryl/α,β-unsaturated/α-hetero) is 1. The van der Waals surface area contributed by atoms with Gasteiger partial charge in [0, 0.05) is 37.0 Å². The zero-order valence-electron chi connectivity index (χ0n) is 21.6. The number of aliphatic hydroxyl groups is 1. The van der Waals surface area contributed by atoms with Crippen molar-refractivity contribution in [2.24, 2.45) is 0 Å². The molecule has 1 atom stereocenters. The minimum absolute atomic E-state index is 0.00345. The number of amides is 1. The van der Waals surface area contributed by atoms with Crippen molar-refractivity contribution >= 4 is 23.1 Å². The van der Waals surface area contributed by atoms with E-state index < -0.39 is 17.7 Å². The fourth-order valence-electron chi connectivity index (χ4n) is 5.29. The van der Waals surface area contributed by atoms with Crippen molar-refractivity contribution in [1.29, 1.82) is 0 Å². The fraction of sp³-hybridized carbons (Fsp3) is 0.448. The molecule has 0 aromatic heterocycles. The zero-order valence-corrected chi connectivity index (χ0v) is 21.6. The number of likely N-dealkylation sites (tertiary alicyclic amines) is 1. The fourth-order valence-corrected chi connectivity index (χ4v) is 5.29. The molecular formula is C29H36N2O4. The number of hydrogen-bond acceptors (Lipinski definition) is 5. The van der Waals surface area contributed by atoms with Crippen LogP contribution in [0.25, 0.3) is 5.76 Å². The second kappa shape index (κ2) is 9.40. The standard InChI is InChI=1S/C29H36N2O4/c1-29(2,3)22-17-19(13-16-23(22)35-6)26(32)24-25(18-11-14-20(15-12-18)30(4)5)31(28(34)27(24)33)21-9-7-8-10-21/h11-17,21,25,32H,7-10H2,1-6H3/b26-24-. The molecule has 2 aromatic carbocycles. The highest BCUT2D eigenvalue weighted by Gasteiger charge is 2.49. The second-order valence-corrected chi connectivity index (χ2v) is 10.8. The van der Waals surface area contributed by atoms with Gasteiger partial charge in [0.1, 0.15) is 11.5 Å². The Kier molecular flexibility index (Phi) is 6.67. The third-order valence-corrected chi connectivity index (χ3v) is 7.20. The molecule has 4 rings (SSSR count). The molecule has 1 saturated heterocycles. The van der Waals surface area contributed by atoms with Crippen LogP contribution in [0.2, 0.25) is 0 Å². The van der Waals surface area contributed by atoms with Gasteiger partial charge in [0.05, 0.1) is 18.7 Å². The summed E-state index contributed by atoms with van der Waals surface area (Å²) in [5.41, 5.74) is 3.20. The SMILES string of the molecule is COc1ccc(/C(O)=C2/C(=O)C(=O)N(C3CCCC3)C2c2ccc(N(C)C)cc2)cc1C(C)(C)C. The number of anilines is 1. The second-order valence-electron chi connectivity index (χ2n) is 10.8. The van der Waals surface area contributed by atoms with Crippen LogP contribution in [0.4, 0.5) is 5.69 Å². The van der Waals surface area contributed by atoms with Crippen LogP contribution in [-0.4, -0.2) is 48.9 Å². The Balaban J connectivity index is 1.89. The number of rotatable bonds is 5. The molecular weight excluding hydrogens is 440 g/mol. The zero-order chi connectivity index (χ0) is 25.5. The lowest BCUT2D eigenvalue weighted by Crippen LogP contribution is -2.37. The van der Waals surface area contributed by atoms with E-state index in [0.29, 0.717) is 5.56 Å². The molecule has 0 radical (unpaired) electrons. The van der Waals surface area contributed by atoms with Gasteiger partial charge in [-0.2, -0.15) is 0 Å². The summed E-state index contributed by atoms with van der Waals surface area (Å²) in [6.45, 7) is 6.21. The molecule has 1 N–H and O–H groups in total. The summed E-state index contributed by atoms with van der Waals surface area (Å²) in [5.74, 6) is -0.566. The van der Waals surface area contributed by atoms with Crippen molar-refractivity contribution in [2.75, 3.05) is 26.1 Å². The maximum atomic E-state index is 13.4. The van der Waals surface area contributed by atoms with Gasteiger partial charge in [-0.3, -0.25) is 9.59 Å². The van der Waals surface area contributed by atoms with Crippen LogP contribution < -0.4 is 9.64 Å². The average molecular weight is 477 g/mol. The molecule has 1 aliphatic carbocycles. The molecule has 1 unspecified atom stereocenters. The van der Waals surface area contributed by atoms with Crippen LogP contribution in [0.15, 0.2) is 48.0 Å². The van der Waals surface area contributed by atoms with Crippen LogP contribution in [0.1, 0.15) is 69.2 Å². The number of benzene rings is 2. The van der Waals surface area contributed by atoms with Crippen LogP contribution in [-0.2, 0) is 15.0 Å². The van der Waals surface area contributed by atoms with Crippen molar-refractivity contribution in [3.8, 4) is 5.75 Å². The van der Waals surface area contributed by atoms with Gasteiger partial charge < -0.3 is 19.6 Å². The van der Waals surface area contributed by atoms with Crippen molar-refractivity contribution in [2.45, 2.75) is 64.0 Å². The molecule has 1 saturated carbocycles. The molecule has 2 aliphatic rings. The first-order valence-electron chi connectivity index (χ1n) is 12.3. The van der Waals surface area contributed by atoms with Gasteiger partial charge in [-0.25, -0.2) is 0 Å². The lowest BCUT2D eigenvalue weighted by atomic mass is 9.84. The summed E-state index contributed by atoms with van der Waals surface area (Å²) in [5, 5.41) is 11.5. The number of carbonyl (C=O) groups is 2. The Morgan fingerprint density at radius 3 is 2.20 bits per heavy atom. The Labute approximate surface area is 208 Å². The van der Waals surface area contributed by atoms with Crippen molar-refractivity contribution in [1.82, 2.24) is 4.90 Å². The highest BCUT2D eigenvalue weighted by molar-refractivity contribution is 6.46. The minimum atomic E-state index is -0.621. The first-order valence-corrected chi connectivity index (χ1v) is 12.3. The van der Waals surface area contributed by atoms with Gasteiger partial charge in [-0.15, -0.1) is 0 Å². The van der Waals surface area contributed by atoms with Crippen LogP contribution >= 0.6 is 0 Å². The Bertz CT molecular complexity index is 1150. The molecule has 1 amide bonds. The van der Waals surface area contributed by atoms with Crippen molar-refractivity contribution in [3.63, 3.8) is 0 Å². The predicted octanol–water partition coefficient (Wildman–Crippen LogP) is 5.42. The summed E-state index contributed by atoms with van der Waals surface area (Å²) in [6.07, 6.45) is 3.81. The normalized spacial score (nSPS) is 20.5. The van der Waals surface area contributed by atoms with E-state index in [1.165, 1.54) is 0 Å². The Morgan fingerprint density at radius 1 is 1.03 bits per heavy atom. The largest absolute Gasteiger partial charge is 0.507 e. The van der Waals surface area contributed by atoms with Crippen LogP contribution in [0, 0.1) is 0 Å². The van der Waals surface area contributed by atoms with Gasteiger partial charge in [-0.05, 0) is 54.2 Å². The quantitative estimate of drug-likeness (QED) is 0.354. The molecule has 0 bridgehead atoms. The summed E-state index contributed by atoms with van der Waals surface area (Å²) >= 11 is 0.